The molecule has 4 nitrogen and oxygen atoms in total. The molecular weight excluding hydrogens is 276 g/mol. The summed E-state index contributed by atoms with van der Waals surface area (Å²) in [5, 5.41) is 12.9. The topological polar surface area (TPSA) is 67.5 Å². The lowest BCUT2D eigenvalue weighted by Crippen LogP contribution is -2.52. The molecule has 0 unspecified atom stereocenters. The molecule has 1 aliphatic heterocycles. The van der Waals surface area contributed by atoms with Crippen LogP contribution >= 0.6 is 0 Å². The first-order chi connectivity index (χ1) is 10.7. The maximum Gasteiger partial charge on any atom is 0.115 e. The molecule has 1 aliphatic carbocycles. The van der Waals surface area contributed by atoms with Crippen molar-refractivity contribution in [2.45, 2.75) is 62.6 Å². The van der Waals surface area contributed by atoms with Crippen LogP contribution in [0.3, 0.4) is 0 Å². The fraction of sp³-hybridized carbons (Fsp3) is 0.667. The lowest BCUT2D eigenvalue weighted by molar-refractivity contribution is 0.00619. The Morgan fingerprint density at radius 3 is 2.50 bits per heavy atom. The van der Waals surface area contributed by atoms with E-state index in [2.05, 4.69) is 5.32 Å². The van der Waals surface area contributed by atoms with Crippen LogP contribution in [0.5, 0.6) is 5.75 Å². The summed E-state index contributed by atoms with van der Waals surface area (Å²) in [4.78, 5) is 0. The molecule has 22 heavy (non-hydrogen) atoms. The number of hydrogen-bond donors (Lipinski definition) is 3. The molecule has 2 fully saturated rings. The highest BCUT2D eigenvalue weighted by atomic mass is 16.5. The monoisotopic (exact) mass is 304 g/mol. The molecule has 0 spiro atoms. The van der Waals surface area contributed by atoms with Gasteiger partial charge in [0.1, 0.15) is 5.75 Å². The molecular formula is C18H28N2O2. The molecule has 2 aliphatic rings. The highest BCUT2D eigenvalue weighted by Gasteiger charge is 2.26. The Kier molecular flexibility index (Phi) is 5.34. The van der Waals surface area contributed by atoms with Crippen molar-refractivity contribution < 1.29 is 9.84 Å². The van der Waals surface area contributed by atoms with E-state index in [0.717, 1.165) is 32.4 Å². The van der Waals surface area contributed by atoms with Crippen LogP contribution in [0.1, 0.15) is 50.0 Å². The van der Waals surface area contributed by atoms with Crippen LogP contribution in [0.4, 0.5) is 0 Å². The maximum atomic E-state index is 9.38. The summed E-state index contributed by atoms with van der Waals surface area (Å²) in [6, 6.07) is 8.23. The maximum absolute atomic E-state index is 9.38. The van der Waals surface area contributed by atoms with Gasteiger partial charge in [-0.2, -0.15) is 0 Å². The summed E-state index contributed by atoms with van der Waals surface area (Å²) in [6.07, 6.45) is 7.23. The minimum Gasteiger partial charge on any atom is -0.508 e. The van der Waals surface area contributed by atoms with E-state index in [-0.39, 0.29) is 6.04 Å². The van der Waals surface area contributed by atoms with Crippen LogP contribution in [-0.2, 0) is 4.74 Å². The molecule has 0 amide bonds. The predicted octanol–water partition coefficient (Wildman–Crippen LogP) is 2.51. The third kappa shape index (κ3) is 4.00. The predicted molar refractivity (Wildman–Crippen MR) is 88.1 cm³/mol. The number of nitrogens with two attached hydrogens (primary N) is 1. The minimum absolute atomic E-state index is 0.238. The number of phenols is 1. The van der Waals surface area contributed by atoms with E-state index in [4.69, 9.17) is 10.5 Å². The van der Waals surface area contributed by atoms with Crippen LogP contribution < -0.4 is 11.1 Å². The first-order valence-electron chi connectivity index (χ1n) is 8.62. The number of piperidine rings is 1. The highest BCUT2D eigenvalue weighted by molar-refractivity contribution is 5.28. The van der Waals surface area contributed by atoms with Gasteiger partial charge in [-0.15, -0.1) is 0 Å². The molecule has 2 atom stereocenters. The number of hydrogen-bond acceptors (Lipinski definition) is 4. The van der Waals surface area contributed by atoms with Gasteiger partial charge in [-0.3, -0.25) is 0 Å². The Hall–Kier alpha value is -1.10. The fourth-order valence-electron chi connectivity index (χ4n) is 3.71. The van der Waals surface area contributed by atoms with Gasteiger partial charge in [-0.05, 0) is 68.7 Å². The molecule has 3 rings (SSSR count). The molecule has 4 N–H and O–H groups in total. The second kappa shape index (κ2) is 7.44. The SMILES string of the molecule is N[C@H]1CCCN[C@H]1COC1CCC(c2ccc(O)cc2)CC1. The molecule has 1 aromatic carbocycles. The van der Waals surface area contributed by atoms with Crippen LogP contribution in [0, 0.1) is 0 Å². The second-order valence-corrected chi connectivity index (χ2v) is 6.77. The van der Waals surface area contributed by atoms with Gasteiger partial charge in [0, 0.05) is 12.1 Å². The summed E-state index contributed by atoms with van der Waals surface area (Å²) in [7, 11) is 0. The van der Waals surface area contributed by atoms with Crippen molar-refractivity contribution in [3.8, 4) is 5.75 Å². The van der Waals surface area contributed by atoms with Crippen LogP contribution in [0.25, 0.3) is 0 Å². The van der Waals surface area contributed by atoms with Crippen molar-refractivity contribution >= 4 is 0 Å². The van der Waals surface area contributed by atoms with E-state index in [1.54, 1.807) is 12.1 Å². The summed E-state index contributed by atoms with van der Waals surface area (Å²) >= 11 is 0. The Morgan fingerprint density at radius 2 is 1.82 bits per heavy atom. The van der Waals surface area contributed by atoms with Gasteiger partial charge in [0.2, 0.25) is 0 Å². The van der Waals surface area contributed by atoms with Gasteiger partial charge in [0.15, 0.2) is 0 Å². The molecule has 1 saturated heterocycles. The first kappa shape index (κ1) is 15.8. The smallest absolute Gasteiger partial charge is 0.115 e. The lowest BCUT2D eigenvalue weighted by Gasteiger charge is -2.33. The summed E-state index contributed by atoms with van der Waals surface area (Å²) in [5.41, 5.74) is 7.48. The Morgan fingerprint density at radius 1 is 1.09 bits per heavy atom. The summed E-state index contributed by atoms with van der Waals surface area (Å²) in [5.74, 6) is 0.951. The average Bonchev–Trinajstić information content (AvgIpc) is 2.55. The van der Waals surface area contributed by atoms with Gasteiger partial charge in [0.05, 0.1) is 12.7 Å². The van der Waals surface area contributed by atoms with Crippen LogP contribution in [-0.4, -0.2) is 36.4 Å². The zero-order chi connectivity index (χ0) is 15.4. The van der Waals surface area contributed by atoms with E-state index in [1.165, 1.54) is 24.8 Å². The second-order valence-electron chi connectivity index (χ2n) is 6.77. The molecule has 1 saturated carbocycles. The number of ether oxygens (including phenoxy) is 1. The summed E-state index contributed by atoms with van der Waals surface area (Å²) in [6.45, 7) is 1.81. The first-order valence-corrected chi connectivity index (χ1v) is 8.62. The molecule has 1 heterocycles. The average molecular weight is 304 g/mol. The van der Waals surface area contributed by atoms with Gasteiger partial charge in [0.25, 0.3) is 0 Å². The van der Waals surface area contributed by atoms with Gasteiger partial charge in [-0.25, -0.2) is 0 Å². The third-order valence-electron chi connectivity index (χ3n) is 5.19. The van der Waals surface area contributed by atoms with Crippen molar-refractivity contribution in [1.29, 1.82) is 0 Å². The standard InChI is InChI=1S/C18H28N2O2/c19-17-2-1-11-20-18(17)12-22-16-9-5-14(6-10-16)13-3-7-15(21)8-4-13/h3-4,7-8,14,16-18,20-21H,1-2,5-6,9-12,19H2/t14?,16?,17-,18-/m0/s1. The molecule has 1 aromatic rings. The zero-order valence-corrected chi connectivity index (χ0v) is 13.2. The lowest BCUT2D eigenvalue weighted by atomic mass is 9.82. The molecule has 0 radical (unpaired) electrons. The van der Waals surface area contributed by atoms with Crippen molar-refractivity contribution in [2.75, 3.05) is 13.2 Å². The number of phenolic OH excluding ortho intramolecular Hbond substituents is 1. The van der Waals surface area contributed by atoms with Crippen molar-refractivity contribution in [1.82, 2.24) is 5.32 Å². The van der Waals surface area contributed by atoms with E-state index >= 15 is 0 Å². The van der Waals surface area contributed by atoms with Crippen molar-refractivity contribution in [2.24, 2.45) is 5.73 Å². The van der Waals surface area contributed by atoms with E-state index in [9.17, 15) is 5.11 Å². The molecule has 0 aromatic heterocycles. The minimum atomic E-state index is 0.238. The number of rotatable bonds is 4. The Bertz CT molecular complexity index is 455. The quantitative estimate of drug-likeness (QED) is 0.799. The third-order valence-corrected chi connectivity index (χ3v) is 5.19. The van der Waals surface area contributed by atoms with Crippen molar-refractivity contribution in [3.63, 3.8) is 0 Å². The molecule has 0 bridgehead atoms. The van der Waals surface area contributed by atoms with Crippen LogP contribution in [0.2, 0.25) is 0 Å². The van der Waals surface area contributed by atoms with E-state index in [0.29, 0.717) is 23.8 Å². The molecule has 4 heteroatoms. The normalized spacial score (nSPS) is 32.8. The fourth-order valence-corrected chi connectivity index (χ4v) is 3.71. The Balaban J connectivity index is 1.42. The van der Waals surface area contributed by atoms with E-state index in [1.807, 2.05) is 12.1 Å². The summed E-state index contributed by atoms with van der Waals surface area (Å²) < 4.78 is 6.11. The largest absolute Gasteiger partial charge is 0.508 e. The van der Waals surface area contributed by atoms with Gasteiger partial charge in [-0.1, -0.05) is 12.1 Å². The van der Waals surface area contributed by atoms with Gasteiger partial charge >= 0.3 is 0 Å². The number of benzene rings is 1. The number of aromatic hydroxyl groups is 1. The highest BCUT2D eigenvalue weighted by Crippen LogP contribution is 2.34. The Labute approximate surface area is 133 Å². The molecule has 122 valence electrons. The van der Waals surface area contributed by atoms with Gasteiger partial charge < -0.3 is 20.9 Å². The van der Waals surface area contributed by atoms with Crippen LogP contribution in [0.15, 0.2) is 24.3 Å². The zero-order valence-electron chi connectivity index (χ0n) is 13.2. The van der Waals surface area contributed by atoms with Crippen molar-refractivity contribution in [3.05, 3.63) is 29.8 Å². The van der Waals surface area contributed by atoms with E-state index < -0.39 is 0 Å². The number of nitrogens with one attached hydrogen (secondary N) is 1.